The molecule has 3 nitrogen and oxygen atoms in total. The van der Waals surface area contributed by atoms with E-state index < -0.39 is 0 Å². The van der Waals surface area contributed by atoms with Crippen molar-refractivity contribution < 1.29 is 0 Å². The lowest BCUT2D eigenvalue weighted by atomic mass is 9.82. The number of hydrogen-bond donors (Lipinski definition) is 1. The maximum Gasteiger partial charge on any atom is 0.0537 e. The van der Waals surface area contributed by atoms with Crippen LogP contribution in [0.5, 0.6) is 0 Å². The molecular weight excluding hydrogens is 174 g/mol. The highest BCUT2D eigenvalue weighted by atomic mass is 15.2. The van der Waals surface area contributed by atoms with Crippen LogP contribution in [0.4, 0.5) is 0 Å². The van der Waals surface area contributed by atoms with Crippen molar-refractivity contribution >= 4 is 0 Å². The van der Waals surface area contributed by atoms with Gasteiger partial charge in [-0.2, -0.15) is 5.10 Å². The zero-order valence-corrected chi connectivity index (χ0v) is 8.82. The van der Waals surface area contributed by atoms with Gasteiger partial charge in [0.1, 0.15) is 0 Å². The molecule has 78 valence electrons. The van der Waals surface area contributed by atoms with E-state index in [2.05, 4.69) is 5.10 Å². The second kappa shape index (κ2) is 4.13. The number of hydrogen-bond acceptors (Lipinski definition) is 2. The Morgan fingerprint density at radius 3 is 2.71 bits per heavy atom. The standard InChI is InChI=1S/C11H19N3/c1-14-8-10(7-13-14)11(12)9-5-3-2-4-6-9/h7-9,11H,2-6,12H2,1H3. The van der Waals surface area contributed by atoms with Crippen LogP contribution in [0, 0.1) is 5.92 Å². The van der Waals surface area contributed by atoms with Gasteiger partial charge in [0.05, 0.1) is 6.20 Å². The molecule has 0 spiro atoms. The Balaban J connectivity index is 2.03. The molecule has 0 radical (unpaired) electrons. The maximum atomic E-state index is 6.23. The van der Waals surface area contributed by atoms with Crippen LogP contribution in [-0.4, -0.2) is 9.78 Å². The van der Waals surface area contributed by atoms with Gasteiger partial charge in [0.2, 0.25) is 0 Å². The molecule has 1 aliphatic rings. The lowest BCUT2D eigenvalue weighted by Crippen LogP contribution is -2.23. The highest BCUT2D eigenvalue weighted by Crippen LogP contribution is 2.32. The molecule has 3 heteroatoms. The topological polar surface area (TPSA) is 43.8 Å². The van der Waals surface area contributed by atoms with Gasteiger partial charge in [0.25, 0.3) is 0 Å². The van der Waals surface area contributed by atoms with E-state index in [-0.39, 0.29) is 6.04 Å². The maximum absolute atomic E-state index is 6.23. The van der Waals surface area contributed by atoms with Crippen LogP contribution in [-0.2, 0) is 7.05 Å². The molecule has 1 atom stereocenters. The summed E-state index contributed by atoms with van der Waals surface area (Å²) in [6, 6.07) is 0.198. The van der Waals surface area contributed by atoms with Crippen molar-refractivity contribution in [1.82, 2.24) is 9.78 Å². The fourth-order valence-electron chi connectivity index (χ4n) is 2.38. The lowest BCUT2D eigenvalue weighted by Gasteiger charge is -2.26. The summed E-state index contributed by atoms with van der Waals surface area (Å²) >= 11 is 0. The summed E-state index contributed by atoms with van der Waals surface area (Å²) < 4.78 is 1.83. The minimum atomic E-state index is 0.198. The first-order chi connectivity index (χ1) is 6.77. The first-order valence-electron chi connectivity index (χ1n) is 5.51. The SMILES string of the molecule is Cn1cc(C(N)C2CCCCC2)cn1. The van der Waals surface area contributed by atoms with E-state index in [1.54, 1.807) is 0 Å². The molecular formula is C11H19N3. The fourth-order valence-corrected chi connectivity index (χ4v) is 2.38. The van der Waals surface area contributed by atoms with Crippen molar-refractivity contribution in [3.8, 4) is 0 Å². The minimum absolute atomic E-state index is 0.198. The average molecular weight is 193 g/mol. The molecule has 2 N–H and O–H groups in total. The molecule has 1 heterocycles. The van der Waals surface area contributed by atoms with Gasteiger partial charge in [0, 0.05) is 24.8 Å². The van der Waals surface area contributed by atoms with Crippen LogP contribution in [0.2, 0.25) is 0 Å². The summed E-state index contributed by atoms with van der Waals surface area (Å²) in [4.78, 5) is 0. The summed E-state index contributed by atoms with van der Waals surface area (Å²) in [6.07, 6.45) is 10.6. The highest BCUT2D eigenvalue weighted by molar-refractivity contribution is 5.11. The van der Waals surface area contributed by atoms with Gasteiger partial charge in [-0.05, 0) is 18.8 Å². The van der Waals surface area contributed by atoms with E-state index in [1.165, 1.54) is 37.7 Å². The Morgan fingerprint density at radius 2 is 2.14 bits per heavy atom. The van der Waals surface area contributed by atoms with Crippen LogP contribution in [0.3, 0.4) is 0 Å². The van der Waals surface area contributed by atoms with E-state index >= 15 is 0 Å². The molecule has 0 aliphatic heterocycles. The van der Waals surface area contributed by atoms with Gasteiger partial charge < -0.3 is 5.73 Å². The Labute approximate surface area is 85.3 Å². The second-order valence-corrected chi connectivity index (χ2v) is 4.37. The molecule has 0 amide bonds. The van der Waals surface area contributed by atoms with Crippen molar-refractivity contribution in [2.24, 2.45) is 18.7 Å². The third kappa shape index (κ3) is 1.98. The molecule has 0 saturated heterocycles. The first kappa shape index (κ1) is 9.71. The Hall–Kier alpha value is -0.830. The minimum Gasteiger partial charge on any atom is -0.324 e. The molecule has 1 fully saturated rings. The number of nitrogens with two attached hydrogens (primary N) is 1. The molecule has 1 aromatic heterocycles. The van der Waals surface area contributed by atoms with Gasteiger partial charge in [-0.1, -0.05) is 19.3 Å². The third-order valence-electron chi connectivity index (χ3n) is 3.27. The molecule has 1 aliphatic carbocycles. The van der Waals surface area contributed by atoms with E-state index in [0.29, 0.717) is 5.92 Å². The molecule has 0 aromatic carbocycles. The molecule has 1 saturated carbocycles. The molecule has 1 unspecified atom stereocenters. The summed E-state index contributed by atoms with van der Waals surface area (Å²) in [5.74, 6) is 0.674. The van der Waals surface area contributed by atoms with E-state index in [1.807, 2.05) is 24.1 Å². The van der Waals surface area contributed by atoms with Gasteiger partial charge in [-0.3, -0.25) is 4.68 Å². The lowest BCUT2D eigenvalue weighted by molar-refractivity contribution is 0.308. The van der Waals surface area contributed by atoms with Gasteiger partial charge in [-0.25, -0.2) is 0 Å². The predicted octanol–water partition coefficient (Wildman–Crippen LogP) is 2.00. The van der Waals surface area contributed by atoms with E-state index in [9.17, 15) is 0 Å². The van der Waals surface area contributed by atoms with Gasteiger partial charge in [-0.15, -0.1) is 0 Å². The number of aryl methyl sites for hydroxylation is 1. The van der Waals surface area contributed by atoms with Crippen molar-refractivity contribution in [3.63, 3.8) is 0 Å². The predicted molar refractivity (Wildman–Crippen MR) is 56.7 cm³/mol. The van der Waals surface area contributed by atoms with Crippen molar-refractivity contribution in [2.75, 3.05) is 0 Å². The van der Waals surface area contributed by atoms with Crippen LogP contribution < -0.4 is 5.73 Å². The molecule has 2 rings (SSSR count). The number of aromatic nitrogens is 2. The number of rotatable bonds is 2. The van der Waals surface area contributed by atoms with E-state index in [0.717, 1.165) is 0 Å². The quantitative estimate of drug-likeness (QED) is 0.780. The number of nitrogens with zero attached hydrogens (tertiary/aromatic N) is 2. The van der Waals surface area contributed by atoms with E-state index in [4.69, 9.17) is 5.73 Å². The molecule has 1 aromatic rings. The summed E-state index contributed by atoms with van der Waals surface area (Å²) in [5.41, 5.74) is 7.42. The van der Waals surface area contributed by atoms with Crippen LogP contribution in [0.1, 0.15) is 43.7 Å². The Morgan fingerprint density at radius 1 is 1.43 bits per heavy atom. The summed E-state index contributed by atoms with van der Waals surface area (Å²) in [5, 5.41) is 4.17. The normalized spacial score (nSPS) is 21.0. The van der Waals surface area contributed by atoms with Crippen LogP contribution in [0.15, 0.2) is 12.4 Å². The zero-order valence-electron chi connectivity index (χ0n) is 8.82. The van der Waals surface area contributed by atoms with Gasteiger partial charge in [0.15, 0.2) is 0 Å². The Kier molecular flexibility index (Phi) is 2.87. The average Bonchev–Trinajstić information content (AvgIpc) is 2.65. The van der Waals surface area contributed by atoms with Crippen molar-refractivity contribution in [2.45, 2.75) is 38.1 Å². The Bertz CT molecular complexity index is 286. The van der Waals surface area contributed by atoms with Crippen LogP contribution >= 0.6 is 0 Å². The first-order valence-corrected chi connectivity index (χ1v) is 5.51. The fraction of sp³-hybridized carbons (Fsp3) is 0.727. The summed E-state index contributed by atoms with van der Waals surface area (Å²) in [6.45, 7) is 0. The van der Waals surface area contributed by atoms with Crippen molar-refractivity contribution in [1.29, 1.82) is 0 Å². The monoisotopic (exact) mass is 193 g/mol. The summed E-state index contributed by atoms with van der Waals surface area (Å²) in [7, 11) is 1.94. The third-order valence-corrected chi connectivity index (χ3v) is 3.27. The molecule has 14 heavy (non-hydrogen) atoms. The second-order valence-electron chi connectivity index (χ2n) is 4.37. The van der Waals surface area contributed by atoms with Gasteiger partial charge >= 0.3 is 0 Å². The smallest absolute Gasteiger partial charge is 0.0537 e. The largest absolute Gasteiger partial charge is 0.324 e. The highest BCUT2D eigenvalue weighted by Gasteiger charge is 2.22. The van der Waals surface area contributed by atoms with Crippen molar-refractivity contribution in [3.05, 3.63) is 18.0 Å². The molecule has 0 bridgehead atoms. The zero-order chi connectivity index (χ0) is 9.97. The van der Waals surface area contributed by atoms with Crippen LogP contribution in [0.25, 0.3) is 0 Å².